The molecule has 35 heavy (non-hydrogen) atoms. The van der Waals surface area contributed by atoms with Crippen LogP contribution in [-0.4, -0.2) is 34.1 Å². The van der Waals surface area contributed by atoms with Crippen LogP contribution in [0.15, 0.2) is 24.3 Å². The average Bonchev–Trinajstić information content (AvgIpc) is 2.86. The summed E-state index contributed by atoms with van der Waals surface area (Å²) in [5, 5.41) is 10.9. The second-order valence-electron chi connectivity index (χ2n) is 11.7. The van der Waals surface area contributed by atoms with Crippen LogP contribution in [0.3, 0.4) is 0 Å². The van der Waals surface area contributed by atoms with E-state index in [0.717, 1.165) is 41.9 Å². The average molecular weight is 477 g/mol. The predicted octanol–water partition coefficient (Wildman–Crippen LogP) is 5.87. The molecule has 0 radical (unpaired) electrons. The molecule has 1 heterocycles. The van der Waals surface area contributed by atoms with Crippen molar-refractivity contribution in [1.82, 2.24) is 15.0 Å². The van der Waals surface area contributed by atoms with Crippen LogP contribution < -0.4 is 20.7 Å². The van der Waals surface area contributed by atoms with Crippen molar-refractivity contribution >= 4 is 17.8 Å². The molecule has 3 N–H and O–H groups in total. The standard InChI is InChI=1S/C28H40N6O/c1-35-24-9-7-20(8-10-24)18-30-26-31-25(29-17-19-5-3-2-4-6-19)32-27(33-26)34-28-14-21-11-22(15-28)13-23(12-21)16-28/h7-10,19,21-23H,2-6,11-18H2,1H3,(H3,29,30,31,32,33,34). The molecule has 7 heteroatoms. The molecule has 0 unspecified atom stereocenters. The number of anilines is 3. The second-order valence-corrected chi connectivity index (χ2v) is 11.7. The van der Waals surface area contributed by atoms with Crippen molar-refractivity contribution in [2.45, 2.75) is 82.7 Å². The zero-order valence-corrected chi connectivity index (χ0v) is 21.1. The summed E-state index contributed by atoms with van der Waals surface area (Å²) in [6, 6.07) is 8.12. The number of ether oxygens (including phenoxy) is 1. The Bertz CT molecular complexity index is 968. The number of benzene rings is 1. The van der Waals surface area contributed by atoms with Crippen molar-refractivity contribution in [2.75, 3.05) is 29.6 Å². The molecule has 0 amide bonds. The zero-order chi connectivity index (χ0) is 23.7. The van der Waals surface area contributed by atoms with Crippen LogP contribution in [0.2, 0.25) is 0 Å². The summed E-state index contributed by atoms with van der Waals surface area (Å²) in [5.74, 6) is 6.28. The summed E-state index contributed by atoms with van der Waals surface area (Å²) >= 11 is 0. The number of nitrogens with one attached hydrogen (secondary N) is 3. The minimum Gasteiger partial charge on any atom is -0.497 e. The highest BCUT2D eigenvalue weighted by Crippen LogP contribution is 2.56. The molecule has 5 aliphatic rings. The maximum atomic E-state index is 5.29. The number of hydrogen-bond acceptors (Lipinski definition) is 7. The lowest BCUT2D eigenvalue weighted by molar-refractivity contribution is 0.0103. The Hall–Kier alpha value is -2.57. The van der Waals surface area contributed by atoms with Gasteiger partial charge in [-0.1, -0.05) is 31.4 Å². The van der Waals surface area contributed by atoms with Gasteiger partial charge in [-0.25, -0.2) is 0 Å². The van der Waals surface area contributed by atoms with Gasteiger partial charge in [-0.3, -0.25) is 0 Å². The van der Waals surface area contributed by atoms with E-state index in [4.69, 9.17) is 19.7 Å². The molecule has 5 fully saturated rings. The first-order chi connectivity index (χ1) is 17.1. The van der Waals surface area contributed by atoms with E-state index in [1.54, 1.807) is 7.11 Å². The van der Waals surface area contributed by atoms with Crippen LogP contribution in [0.5, 0.6) is 5.75 Å². The Labute approximate surface area is 209 Å². The molecule has 1 aromatic heterocycles. The van der Waals surface area contributed by atoms with Gasteiger partial charge in [0.05, 0.1) is 7.11 Å². The number of methoxy groups -OCH3 is 1. The molecule has 0 saturated heterocycles. The van der Waals surface area contributed by atoms with Gasteiger partial charge in [0.15, 0.2) is 0 Å². The van der Waals surface area contributed by atoms with Gasteiger partial charge >= 0.3 is 0 Å². The van der Waals surface area contributed by atoms with Gasteiger partial charge in [0.25, 0.3) is 0 Å². The van der Waals surface area contributed by atoms with E-state index >= 15 is 0 Å². The third kappa shape index (κ3) is 5.34. The molecule has 0 aliphatic heterocycles. The Balaban J connectivity index is 1.19. The van der Waals surface area contributed by atoms with Crippen LogP contribution >= 0.6 is 0 Å². The van der Waals surface area contributed by atoms with Gasteiger partial charge in [-0.05, 0) is 92.7 Å². The fraction of sp³-hybridized carbons (Fsp3) is 0.679. The maximum absolute atomic E-state index is 5.29. The fourth-order valence-corrected chi connectivity index (χ4v) is 7.64. The molecule has 1 aromatic carbocycles. The Morgan fingerprint density at radius 2 is 1.40 bits per heavy atom. The number of nitrogens with zero attached hydrogens (tertiary/aromatic N) is 3. The molecule has 5 aliphatic carbocycles. The monoisotopic (exact) mass is 476 g/mol. The van der Waals surface area contributed by atoms with Gasteiger partial charge in [0.1, 0.15) is 5.75 Å². The normalized spacial score (nSPS) is 29.7. The van der Waals surface area contributed by atoms with Crippen molar-refractivity contribution in [3.8, 4) is 5.75 Å². The summed E-state index contributed by atoms with van der Waals surface area (Å²) in [4.78, 5) is 14.5. The highest BCUT2D eigenvalue weighted by molar-refractivity contribution is 5.44. The van der Waals surface area contributed by atoms with Crippen molar-refractivity contribution in [1.29, 1.82) is 0 Å². The summed E-state index contributed by atoms with van der Waals surface area (Å²) < 4.78 is 5.29. The molecule has 4 bridgehead atoms. The Morgan fingerprint density at radius 3 is 2.03 bits per heavy atom. The minimum absolute atomic E-state index is 0.171. The SMILES string of the molecule is COc1ccc(CNc2nc(NCC3CCCCC3)nc(NC34CC5CC(CC(C5)C3)C4)n2)cc1. The number of hydrogen-bond donors (Lipinski definition) is 3. The van der Waals surface area contributed by atoms with Crippen LogP contribution in [0.1, 0.15) is 76.2 Å². The first kappa shape index (κ1) is 22.9. The maximum Gasteiger partial charge on any atom is 0.229 e. The van der Waals surface area contributed by atoms with E-state index < -0.39 is 0 Å². The highest BCUT2D eigenvalue weighted by Gasteiger charge is 2.51. The summed E-state index contributed by atoms with van der Waals surface area (Å²) in [6.07, 6.45) is 14.8. The minimum atomic E-state index is 0.171. The molecule has 7 rings (SSSR count). The van der Waals surface area contributed by atoms with Gasteiger partial charge in [-0.2, -0.15) is 15.0 Å². The number of rotatable bonds is 9. The second kappa shape index (κ2) is 9.82. The van der Waals surface area contributed by atoms with Crippen LogP contribution in [0.25, 0.3) is 0 Å². The van der Waals surface area contributed by atoms with Crippen molar-refractivity contribution < 1.29 is 4.74 Å². The van der Waals surface area contributed by atoms with Gasteiger partial charge in [0, 0.05) is 18.6 Å². The van der Waals surface area contributed by atoms with E-state index in [1.807, 2.05) is 12.1 Å². The summed E-state index contributed by atoms with van der Waals surface area (Å²) in [7, 11) is 1.69. The van der Waals surface area contributed by atoms with E-state index in [-0.39, 0.29) is 5.54 Å². The molecular weight excluding hydrogens is 436 g/mol. The highest BCUT2D eigenvalue weighted by atomic mass is 16.5. The lowest BCUT2D eigenvalue weighted by atomic mass is 9.53. The predicted molar refractivity (Wildman–Crippen MR) is 140 cm³/mol. The van der Waals surface area contributed by atoms with Crippen LogP contribution in [0.4, 0.5) is 17.8 Å². The van der Waals surface area contributed by atoms with E-state index in [2.05, 4.69) is 28.1 Å². The number of aromatic nitrogens is 3. The van der Waals surface area contributed by atoms with E-state index in [0.29, 0.717) is 18.4 Å². The molecule has 2 aromatic rings. The molecule has 188 valence electrons. The van der Waals surface area contributed by atoms with E-state index in [1.165, 1.54) is 76.2 Å². The molecule has 0 spiro atoms. The van der Waals surface area contributed by atoms with Gasteiger partial charge in [0.2, 0.25) is 17.8 Å². The Morgan fingerprint density at radius 1 is 0.800 bits per heavy atom. The smallest absolute Gasteiger partial charge is 0.229 e. The third-order valence-corrected chi connectivity index (χ3v) is 8.93. The van der Waals surface area contributed by atoms with Crippen molar-refractivity contribution in [3.63, 3.8) is 0 Å². The summed E-state index contributed by atoms with van der Waals surface area (Å²) in [6.45, 7) is 1.60. The topological polar surface area (TPSA) is 84.0 Å². The fourth-order valence-electron chi connectivity index (χ4n) is 7.64. The molecule has 7 nitrogen and oxygen atoms in total. The molecule has 5 saturated carbocycles. The van der Waals surface area contributed by atoms with Crippen molar-refractivity contribution in [3.05, 3.63) is 29.8 Å². The summed E-state index contributed by atoms with van der Waals surface area (Å²) in [5.41, 5.74) is 1.34. The van der Waals surface area contributed by atoms with Gasteiger partial charge < -0.3 is 20.7 Å². The van der Waals surface area contributed by atoms with Crippen LogP contribution in [-0.2, 0) is 6.54 Å². The molecule has 0 atom stereocenters. The quantitative estimate of drug-likeness (QED) is 0.418. The first-order valence-corrected chi connectivity index (χ1v) is 13.8. The van der Waals surface area contributed by atoms with E-state index in [9.17, 15) is 0 Å². The van der Waals surface area contributed by atoms with Crippen molar-refractivity contribution in [2.24, 2.45) is 23.7 Å². The Kier molecular flexibility index (Phi) is 6.42. The van der Waals surface area contributed by atoms with Gasteiger partial charge in [-0.15, -0.1) is 0 Å². The zero-order valence-electron chi connectivity index (χ0n) is 21.1. The first-order valence-electron chi connectivity index (χ1n) is 13.8. The van der Waals surface area contributed by atoms with Crippen LogP contribution in [0, 0.1) is 23.7 Å². The third-order valence-electron chi connectivity index (χ3n) is 8.93. The molecular formula is C28H40N6O. The largest absolute Gasteiger partial charge is 0.497 e. The lowest BCUT2D eigenvalue weighted by Gasteiger charge is -2.56. The lowest BCUT2D eigenvalue weighted by Crippen LogP contribution is -2.55.